The highest BCUT2D eigenvalue weighted by atomic mass is 16.5. The lowest BCUT2D eigenvalue weighted by atomic mass is 9.80. The molecule has 1 aliphatic heterocycles. The van der Waals surface area contributed by atoms with Gasteiger partial charge in [0.05, 0.1) is 20.3 Å². The van der Waals surface area contributed by atoms with E-state index >= 15 is 0 Å². The van der Waals surface area contributed by atoms with Gasteiger partial charge in [-0.1, -0.05) is 26.8 Å². The number of benzene rings is 1. The molecule has 1 amide bonds. The summed E-state index contributed by atoms with van der Waals surface area (Å²) >= 11 is 0. The first-order chi connectivity index (χ1) is 14.5. The van der Waals surface area contributed by atoms with Crippen LogP contribution in [0.2, 0.25) is 0 Å². The molecule has 0 aliphatic carbocycles. The minimum atomic E-state index is -0.919. The SMILES string of the molecule is COC(=O)/C=C(/Nc1cccc(OC2CCN(C(=O)O)C(C(C)(C)C)C2)c1)C(=O)OC. The fourth-order valence-electron chi connectivity index (χ4n) is 3.52. The van der Waals surface area contributed by atoms with Gasteiger partial charge in [-0.25, -0.2) is 14.4 Å². The van der Waals surface area contributed by atoms with Crippen molar-refractivity contribution in [1.82, 2.24) is 4.90 Å². The number of carbonyl (C=O) groups excluding carboxylic acids is 2. The maximum absolute atomic E-state index is 11.9. The lowest BCUT2D eigenvalue weighted by Gasteiger charge is -2.44. The first kappa shape index (κ1) is 24.0. The van der Waals surface area contributed by atoms with Crippen LogP contribution in [0, 0.1) is 5.41 Å². The highest BCUT2D eigenvalue weighted by Gasteiger charge is 2.39. The summed E-state index contributed by atoms with van der Waals surface area (Å²) in [6.07, 6.45) is 1.09. The van der Waals surface area contributed by atoms with Gasteiger partial charge in [0, 0.05) is 37.2 Å². The number of carboxylic acid groups (broad SMARTS) is 1. The Hall–Kier alpha value is -3.23. The Morgan fingerprint density at radius 1 is 1.19 bits per heavy atom. The van der Waals surface area contributed by atoms with E-state index in [4.69, 9.17) is 9.47 Å². The summed E-state index contributed by atoms with van der Waals surface area (Å²) in [5.41, 5.74) is 0.222. The number of hydrogen-bond acceptors (Lipinski definition) is 7. The molecule has 1 aromatic rings. The quantitative estimate of drug-likeness (QED) is 0.518. The largest absolute Gasteiger partial charge is 0.490 e. The Morgan fingerprint density at radius 2 is 1.90 bits per heavy atom. The van der Waals surface area contributed by atoms with Gasteiger partial charge in [0.1, 0.15) is 17.6 Å². The average molecular weight is 434 g/mol. The number of nitrogens with zero attached hydrogens (tertiary/aromatic N) is 1. The van der Waals surface area contributed by atoms with Crippen LogP contribution in [0.25, 0.3) is 0 Å². The van der Waals surface area contributed by atoms with Crippen LogP contribution in [0.15, 0.2) is 36.0 Å². The summed E-state index contributed by atoms with van der Waals surface area (Å²) in [7, 11) is 2.42. The minimum absolute atomic E-state index is 0.0749. The molecule has 1 aromatic carbocycles. The van der Waals surface area contributed by atoms with Crippen LogP contribution >= 0.6 is 0 Å². The van der Waals surface area contributed by atoms with E-state index in [0.29, 0.717) is 30.8 Å². The predicted octanol–water partition coefficient (Wildman–Crippen LogP) is 3.26. The van der Waals surface area contributed by atoms with Gasteiger partial charge in [-0.15, -0.1) is 0 Å². The first-order valence-corrected chi connectivity index (χ1v) is 9.96. The fraction of sp³-hybridized carbons (Fsp3) is 0.500. The molecule has 9 heteroatoms. The van der Waals surface area contributed by atoms with Crippen molar-refractivity contribution in [3.05, 3.63) is 36.0 Å². The van der Waals surface area contributed by atoms with E-state index in [-0.39, 0.29) is 23.3 Å². The van der Waals surface area contributed by atoms with Crippen molar-refractivity contribution in [3.63, 3.8) is 0 Å². The number of likely N-dealkylation sites (tertiary alicyclic amines) is 1. The van der Waals surface area contributed by atoms with Crippen molar-refractivity contribution in [1.29, 1.82) is 0 Å². The molecule has 1 aliphatic rings. The standard InChI is InChI=1S/C22H30N2O7/c1-22(2,3)18-12-16(9-10-24(18)21(27)28)31-15-8-6-7-14(11-15)23-17(20(26)30-5)13-19(25)29-4/h6-8,11,13,16,18,23H,9-10,12H2,1-5H3,(H,27,28)/b17-13+. The topological polar surface area (TPSA) is 114 Å². The van der Waals surface area contributed by atoms with Crippen LogP contribution in [0.4, 0.5) is 10.5 Å². The summed E-state index contributed by atoms with van der Waals surface area (Å²) in [5, 5.41) is 12.4. The molecule has 0 radical (unpaired) electrons. The van der Waals surface area contributed by atoms with Crippen LogP contribution in [0.3, 0.4) is 0 Å². The molecule has 0 saturated carbocycles. The van der Waals surface area contributed by atoms with Crippen molar-refractivity contribution in [2.45, 2.75) is 45.8 Å². The molecule has 9 nitrogen and oxygen atoms in total. The van der Waals surface area contributed by atoms with Gasteiger partial charge in [0.15, 0.2) is 0 Å². The zero-order valence-corrected chi connectivity index (χ0v) is 18.5. The number of esters is 2. The van der Waals surface area contributed by atoms with E-state index < -0.39 is 18.0 Å². The molecule has 2 unspecified atom stereocenters. The molecule has 2 rings (SSSR count). The maximum Gasteiger partial charge on any atom is 0.407 e. The molecular weight excluding hydrogens is 404 g/mol. The number of anilines is 1. The molecule has 0 aromatic heterocycles. The Bertz CT molecular complexity index is 845. The average Bonchev–Trinajstić information content (AvgIpc) is 2.72. The molecule has 170 valence electrons. The van der Waals surface area contributed by atoms with Gasteiger partial charge in [0.25, 0.3) is 0 Å². The molecule has 0 spiro atoms. The highest BCUT2D eigenvalue weighted by molar-refractivity contribution is 5.98. The first-order valence-electron chi connectivity index (χ1n) is 9.96. The van der Waals surface area contributed by atoms with E-state index in [0.717, 1.165) is 6.08 Å². The summed E-state index contributed by atoms with van der Waals surface area (Å²) in [6.45, 7) is 6.45. The van der Waals surface area contributed by atoms with Crippen molar-refractivity contribution in [3.8, 4) is 5.75 Å². The molecular formula is C22H30N2O7. The van der Waals surface area contributed by atoms with Crippen molar-refractivity contribution < 1.29 is 33.7 Å². The Balaban J connectivity index is 2.15. The van der Waals surface area contributed by atoms with Gasteiger partial charge in [0.2, 0.25) is 0 Å². The van der Waals surface area contributed by atoms with Crippen LogP contribution in [0.5, 0.6) is 5.75 Å². The van der Waals surface area contributed by atoms with Crippen LogP contribution in [0.1, 0.15) is 33.6 Å². The van der Waals surface area contributed by atoms with Gasteiger partial charge >= 0.3 is 18.0 Å². The second-order valence-electron chi connectivity index (χ2n) is 8.35. The smallest absolute Gasteiger partial charge is 0.407 e. The molecule has 1 heterocycles. The van der Waals surface area contributed by atoms with Crippen molar-refractivity contribution in [2.75, 3.05) is 26.1 Å². The lowest BCUT2D eigenvalue weighted by molar-refractivity contribution is -0.138. The summed E-state index contributed by atoms with van der Waals surface area (Å²) in [6, 6.07) is 6.77. The van der Waals surface area contributed by atoms with Gasteiger partial charge in [-0.3, -0.25) is 0 Å². The second kappa shape index (κ2) is 10.2. The van der Waals surface area contributed by atoms with Crippen molar-refractivity contribution >= 4 is 23.7 Å². The third kappa shape index (κ3) is 6.63. The van der Waals surface area contributed by atoms with Crippen LogP contribution in [-0.2, 0) is 19.1 Å². The lowest BCUT2D eigenvalue weighted by Crippen LogP contribution is -2.53. The normalized spacial score (nSPS) is 19.4. The maximum atomic E-state index is 11.9. The third-order valence-electron chi connectivity index (χ3n) is 5.08. The molecule has 0 bridgehead atoms. The Morgan fingerprint density at radius 3 is 2.48 bits per heavy atom. The predicted molar refractivity (Wildman–Crippen MR) is 114 cm³/mol. The zero-order chi connectivity index (χ0) is 23.2. The molecule has 31 heavy (non-hydrogen) atoms. The number of hydrogen-bond donors (Lipinski definition) is 2. The van der Waals surface area contributed by atoms with Gasteiger partial charge < -0.3 is 29.5 Å². The fourth-order valence-corrected chi connectivity index (χ4v) is 3.52. The number of nitrogens with one attached hydrogen (secondary N) is 1. The molecule has 1 saturated heterocycles. The molecule has 1 fully saturated rings. The van der Waals surface area contributed by atoms with E-state index in [1.165, 1.54) is 19.1 Å². The number of carbonyl (C=O) groups is 3. The number of amides is 1. The monoisotopic (exact) mass is 434 g/mol. The van der Waals surface area contributed by atoms with Gasteiger partial charge in [-0.2, -0.15) is 0 Å². The summed E-state index contributed by atoms with van der Waals surface area (Å²) < 4.78 is 15.4. The van der Waals surface area contributed by atoms with E-state index in [1.54, 1.807) is 24.3 Å². The second-order valence-corrected chi connectivity index (χ2v) is 8.35. The zero-order valence-electron chi connectivity index (χ0n) is 18.5. The van der Waals surface area contributed by atoms with E-state index in [9.17, 15) is 19.5 Å². The summed E-state index contributed by atoms with van der Waals surface area (Å²) in [5.74, 6) is -0.849. The number of piperidine rings is 1. The van der Waals surface area contributed by atoms with E-state index in [1.807, 2.05) is 20.8 Å². The third-order valence-corrected chi connectivity index (χ3v) is 5.08. The number of ether oxygens (including phenoxy) is 3. The Kier molecular flexibility index (Phi) is 7.90. The van der Waals surface area contributed by atoms with Crippen LogP contribution < -0.4 is 10.1 Å². The van der Waals surface area contributed by atoms with E-state index in [2.05, 4.69) is 10.1 Å². The van der Waals surface area contributed by atoms with Crippen molar-refractivity contribution in [2.24, 2.45) is 5.41 Å². The molecule has 2 atom stereocenters. The number of rotatable bonds is 6. The Labute approximate surface area is 182 Å². The molecule has 2 N–H and O–H groups in total. The highest BCUT2D eigenvalue weighted by Crippen LogP contribution is 2.34. The van der Waals surface area contributed by atoms with Crippen LogP contribution in [-0.4, -0.2) is 60.9 Å². The van der Waals surface area contributed by atoms with Gasteiger partial charge in [-0.05, 0) is 17.5 Å². The number of methoxy groups -OCH3 is 2. The summed E-state index contributed by atoms with van der Waals surface area (Å²) in [4.78, 5) is 36.6. The minimum Gasteiger partial charge on any atom is -0.490 e.